The van der Waals surface area contributed by atoms with E-state index in [0.29, 0.717) is 22.2 Å². The van der Waals surface area contributed by atoms with Gasteiger partial charge in [0.1, 0.15) is 0 Å². The zero-order chi connectivity index (χ0) is 19.1. The topological polar surface area (TPSA) is 48.0 Å². The summed E-state index contributed by atoms with van der Waals surface area (Å²) in [5.74, 6) is -0.442. The number of carbonyl (C=O) groups is 1. The summed E-state index contributed by atoms with van der Waals surface area (Å²) in [4.78, 5) is 12.0. The number of amides is 1. The van der Waals surface area contributed by atoms with Crippen molar-refractivity contribution in [1.82, 2.24) is 4.57 Å². The third-order valence-corrected chi connectivity index (χ3v) is 5.59. The molecule has 0 spiro atoms. The van der Waals surface area contributed by atoms with Crippen LogP contribution in [-0.4, -0.2) is 10.5 Å². The Morgan fingerprint density at radius 2 is 1.89 bits per heavy atom. The largest absolute Gasteiger partial charge is 0.366 e. The van der Waals surface area contributed by atoms with Gasteiger partial charge in [-0.2, -0.15) is 0 Å². The monoisotopic (exact) mass is 395 g/mol. The molecule has 1 aromatic heterocycles. The van der Waals surface area contributed by atoms with Crippen LogP contribution in [0.2, 0.25) is 10.0 Å². The van der Waals surface area contributed by atoms with Crippen LogP contribution in [0.5, 0.6) is 0 Å². The van der Waals surface area contributed by atoms with E-state index in [2.05, 4.69) is 23.6 Å². The van der Waals surface area contributed by atoms with Gasteiger partial charge in [0.15, 0.2) is 0 Å². The molecule has 0 aliphatic carbocycles. The zero-order valence-electron chi connectivity index (χ0n) is 14.7. The van der Waals surface area contributed by atoms with Gasteiger partial charge in [0, 0.05) is 22.9 Å². The minimum atomic E-state index is -0.442. The van der Waals surface area contributed by atoms with Gasteiger partial charge in [-0.25, -0.2) is 0 Å². The molecule has 27 heavy (non-hydrogen) atoms. The van der Waals surface area contributed by atoms with Gasteiger partial charge in [-0.1, -0.05) is 48.3 Å². The van der Waals surface area contributed by atoms with Crippen molar-refractivity contribution in [3.05, 3.63) is 81.3 Å². The summed E-state index contributed by atoms with van der Waals surface area (Å²) in [6, 6.07) is 18.7. The molecule has 4 aromatic rings. The molecular weight excluding hydrogens is 379 g/mol. The highest BCUT2D eigenvalue weighted by molar-refractivity contribution is 6.42. The molecule has 4 rings (SSSR count). The Morgan fingerprint density at radius 1 is 1.07 bits per heavy atom. The van der Waals surface area contributed by atoms with Crippen molar-refractivity contribution < 1.29 is 4.79 Å². The summed E-state index contributed by atoms with van der Waals surface area (Å²) in [5.41, 5.74) is 10.3. The Balaban J connectivity index is 2.02. The first kappa shape index (κ1) is 17.9. The fraction of sp³-hybridized carbons (Fsp3) is 0.136. The predicted molar refractivity (Wildman–Crippen MR) is 112 cm³/mol. The van der Waals surface area contributed by atoms with Crippen LogP contribution < -0.4 is 5.73 Å². The first-order valence-electron chi connectivity index (χ1n) is 8.69. The number of benzene rings is 3. The van der Waals surface area contributed by atoms with Crippen molar-refractivity contribution in [2.75, 3.05) is 0 Å². The van der Waals surface area contributed by atoms with Gasteiger partial charge < -0.3 is 10.3 Å². The van der Waals surface area contributed by atoms with Crippen molar-refractivity contribution in [2.24, 2.45) is 5.73 Å². The van der Waals surface area contributed by atoms with E-state index in [4.69, 9.17) is 28.9 Å². The summed E-state index contributed by atoms with van der Waals surface area (Å²) in [6.45, 7) is 2.70. The van der Waals surface area contributed by atoms with Crippen molar-refractivity contribution in [1.29, 1.82) is 0 Å². The summed E-state index contributed by atoms with van der Waals surface area (Å²) in [5, 5.41) is 2.79. The molecule has 0 saturated carbocycles. The van der Waals surface area contributed by atoms with Crippen LogP contribution in [0.25, 0.3) is 21.8 Å². The SMILES string of the molecule is CCc1c[c]c2c3c(C(N)=O)cccc3n(Cc3ccc(Cl)c(Cl)c3)c2c1. The second-order valence-corrected chi connectivity index (χ2v) is 7.33. The smallest absolute Gasteiger partial charge is 0.249 e. The van der Waals surface area contributed by atoms with Crippen LogP contribution in [0.1, 0.15) is 28.4 Å². The minimum Gasteiger partial charge on any atom is -0.366 e. The highest BCUT2D eigenvalue weighted by Crippen LogP contribution is 2.33. The third-order valence-electron chi connectivity index (χ3n) is 4.85. The van der Waals surface area contributed by atoms with Crippen LogP contribution in [0.3, 0.4) is 0 Å². The number of primary amides is 1. The average molecular weight is 396 g/mol. The number of hydrogen-bond donors (Lipinski definition) is 1. The van der Waals surface area contributed by atoms with Crippen LogP contribution in [0.4, 0.5) is 0 Å². The molecule has 0 atom stereocenters. The molecule has 0 bridgehead atoms. The zero-order valence-corrected chi connectivity index (χ0v) is 16.2. The number of aryl methyl sites for hydroxylation is 1. The molecule has 135 valence electrons. The average Bonchev–Trinajstić information content (AvgIpc) is 2.97. The number of halogens is 2. The molecule has 0 aliphatic rings. The lowest BCUT2D eigenvalue weighted by Crippen LogP contribution is -2.11. The molecule has 0 fully saturated rings. The summed E-state index contributed by atoms with van der Waals surface area (Å²) in [6.07, 6.45) is 0.906. The Morgan fingerprint density at radius 3 is 2.59 bits per heavy atom. The van der Waals surface area contributed by atoms with Gasteiger partial charge in [-0.3, -0.25) is 4.79 Å². The Bertz CT molecular complexity index is 1190. The van der Waals surface area contributed by atoms with Crippen molar-refractivity contribution in [3.8, 4) is 0 Å². The molecule has 5 heteroatoms. The van der Waals surface area contributed by atoms with E-state index in [9.17, 15) is 4.79 Å². The van der Waals surface area contributed by atoms with E-state index in [1.54, 1.807) is 12.1 Å². The maximum Gasteiger partial charge on any atom is 0.249 e. The molecule has 0 saturated heterocycles. The Hall–Kier alpha value is -2.49. The van der Waals surface area contributed by atoms with Gasteiger partial charge in [0.05, 0.1) is 21.1 Å². The molecule has 1 amide bonds. The van der Waals surface area contributed by atoms with Gasteiger partial charge in [0.2, 0.25) is 5.91 Å². The molecule has 1 radical (unpaired) electrons. The standard InChI is InChI=1S/C22H17Cl2N2O/c1-2-13-6-8-15-20(11-13)26(12-14-7-9-17(23)18(24)10-14)19-5-3-4-16(21(15)19)22(25)27/h3-7,9-11H,2,12H2,1H3,(H2,25,27). The van der Waals surface area contributed by atoms with E-state index in [1.807, 2.05) is 30.3 Å². The van der Waals surface area contributed by atoms with Crippen LogP contribution in [-0.2, 0) is 13.0 Å². The highest BCUT2D eigenvalue weighted by atomic mass is 35.5. The van der Waals surface area contributed by atoms with Gasteiger partial charge in [-0.05, 0) is 53.9 Å². The summed E-state index contributed by atoms with van der Waals surface area (Å²) in [7, 11) is 0. The highest BCUT2D eigenvalue weighted by Gasteiger charge is 2.17. The maximum absolute atomic E-state index is 12.0. The lowest BCUT2D eigenvalue weighted by molar-refractivity contribution is 0.100. The minimum absolute atomic E-state index is 0.442. The predicted octanol–water partition coefficient (Wildman–Crippen LogP) is 5.61. The Labute approximate surface area is 167 Å². The molecule has 3 nitrogen and oxygen atoms in total. The molecular formula is C22H17Cl2N2O. The molecule has 3 aromatic carbocycles. The van der Waals surface area contributed by atoms with E-state index in [0.717, 1.165) is 33.8 Å². The van der Waals surface area contributed by atoms with Gasteiger partial charge >= 0.3 is 0 Å². The number of nitrogens with two attached hydrogens (primary N) is 1. The molecule has 0 unspecified atom stereocenters. The second kappa shape index (κ2) is 6.91. The number of nitrogens with zero attached hydrogens (tertiary/aromatic N) is 1. The lowest BCUT2D eigenvalue weighted by atomic mass is 10.0. The van der Waals surface area contributed by atoms with Crippen molar-refractivity contribution in [2.45, 2.75) is 19.9 Å². The normalized spacial score (nSPS) is 11.4. The van der Waals surface area contributed by atoms with Crippen LogP contribution >= 0.6 is 23.2 Å². The fourth-order valence-corrected chi connectivity index (χ4v) is 3.82. The lowest BCUT2D eigenvalue weighted by Gasteiger charge is -2.10. The first-order chi connectivity index (χ1) is 13.0. The van der Waals surface area contributed by atoms with Crippen molar-refractivity contribution in [3.63, 3.8) is 0 Å². The first-order valence-corrected chi connectivity index (χ1v) is 9.44. The van der Waals surface area contributed by atoms with E-state index < -0.39 is 5.91 Å². The number of aromatic nitrogens is 1. The fourth-order valence-electron chi connectivity index (χ4n) is 3.50. The number of fused-ring (bicyclic) bond motifs is 3. The molecule has 0 aliphatic heterocycles. The van der Waals surface area contributed by atoms with E-state index >= 15 is 0 Å². The van der Waals surface area contributed by atoms with Crippen molar-refractivity contribution >= 4 is 50.9 Å². The molecule has 1 heterocycles. The molecule has 2 N–H and O–H groups in total. The summed E-state index contributed by atoms with van der Waals surface area (Å²) >= 11 is 12.2. The number of rotatable bonds is 4. The number of carbonyl (C=O) groups excluding carboxylic acids is 1. The Kier molecular flexibility index (Phi) is 4.58. The summed E-state index contributed by atoms with van der Waals surface area (Å²) < 4.78 is 2.17. The third kappa shape index (κ3) is 3.07. The van der Waals surface area contributed by atoms with Gasteiger partial charge in [-0.15, -0.1) is 0 Å². The van der Waals surface area contributed by atoms with E-state index in [1.165, 1.54) is 5.56 Å². The van der Waals surface area contributed by atoms with E-state index in [-0.39, 0.29) is 0 Å². The van der Waals surface area contributed by atoms with Crippen LogP contribution in [0.15, 0.2) is 48.5 Å². The second-order valence-electron chi connectivity index (χ2n) is 6.52. The number of hydrogen-bond acceptors (Lipinski definition) is 1. The quantitative estimate of drug-likeness (QED) is 0.479. The van der Waals surface area contributed by atoms with Gasteiger partial charge in [0.25, 0.3) is 0 Å². The maximum atomic E-state index is 12.0. The van der Waals surface area contributed by atoms with Crippen LogP contribution in [0, 0.1) is 6.07 Å².